The summed E-state index contributed by atoms with van der Waals surface area (Å²) in [6.45, 7) is 9.57. The number of carbonyl (C=O) groups is 1. The number of amides is 1. The molecule has 1 aliphatic rings. The van der Waals surface area contributed by atoms with Gasteiger partial charge >= 0.3 is 6.09 Å². The van der Waals surface area contributed by atoms with Crippen molar-refractivity contribution in [1.29, 1.82) is 0 Å². The lowest BCUT2D eigenvalue weighted by molar-refractivity contribution is -0.0637. The van der Waals surface area contributed by atoms with E-state index in [4.69, 9.17) is 9.47 Å². The number of aliphatic hydroxyl groups excluding tert-OH is 1. The molecule has 0 spiro atoms. The standard InChI is InChI=1S/C18H27NO4/c1-17(2,3)23-16(21)19-14(12-22-18(19,4)5)11-15(20)13-9-7-6-8-10-13/h6-10,14-15,20H,11-12H2,1-5H3/t14-,15+/m0/s1. The van der Waals surface area contributed by atoms with Crippen LogP contribution in [0.25, 0.3) is 0 Å². The molecule has 5 nitrogen and oxygen atoms in total. The molecule has 2 rings (SSSR count). The third kappa shape index (κ3) is 4.45. The SMILES string of the molecule is CC(C)(C)OC(=O)N1[C@@H](C[C@@H](O)c2ccccc2)COC1(C)C. The van der Waals surface area contributed by atoms with Crippen molar-refractivity contribution >= 4 is 6.09 Å². The fraction of sp³-hybridized carbons (Fsp3) is 0.611. The van der Waals surface area contributed by atoms with Crippen LogP contribution in [-0.4, -0.2) is 40.1 Å². The first kappa shape index (κ1) is 17.8. The quantitative estimate of drug-likeness (QED) is 0.926. The number of aliphatic hydroxyl groups is 1. The highest BCUT2D eigenvalue weighted by Gasteiger charge is 2.46. The molecule has 0 unspecified atom stereocenters. The Balaban J connectivity index is 2.12. The maximum atomic E-state index is 12.5. The van der Waals surface area contributed by atoms with Crippen LogP contribution in [0.1, 0.15) is 52.7 Å². The van der Waals surface area contributed by atoms with Crippen LogP contribution in [-0.2, 0) is 9.47 Å². The molecule has 0 aliphatic carbocycles. The van der Waals surface area contributed by atoms with Crippen molar-refractivity contribution in [3.63, 3.8) is 0 Å². The van der Waals surface area contributed by atoms with Crippen LogP contribution in [0.5, 0.6) is 0 Å². The molecule has 2 atom stereocenters. The highest BCUT2D eigenvalue weighted by Crippen LogP contribution is 2.33. The van der Waals surface area contributed by atoms with Gasteiger partial charge in [0.15, 0.2) is 0 Å². The summed E-state index contributed by atoms with van der Waals surface area (Å²) in [5.74, 6) is 0. The van der Waals surface area contributed by atoms with E-state index in [1.54, 1.807) is 4.90 Å². The monoisotopic (exact) mass is 321 g/mol. The Morgan fingerprint density at radius 3 is 2.57 bits per heavy atom. The number of benzene rings is 1. The van der Waals surface area contributed by atoms with Crippen LogP contribution in [0.4, 0.5) is 4.79 Å². The van der Waals surface area contributed by atoms with Gasteiger partial charge in [0.25, 0.3) is 0 Å². The first-order valence-corrected chi connectivity index (χ1v) is 7.99. The number of nitrogens with zero attached hydrogens (tertiary/aromatic N) is 1. The molecule has 23 heavy (non-hydrogen) atoms. The van der Waals surface area contributed by atoms with Crippen molar-refractivity contribution in [3.8, 4) is 0 Å². The molecule has 1 heterocycles. The van der Waals surface area contributed by atoms with E-state index in [-0.39, 0.29) is 6.04 Å². The van der Waals surface area contributed by atoms with E-state index in [2.05, 4.69) is 0 Å². The van der Waals surface area contributed by atoms with Gasteiger partial charge in [0.05, 0.1) is 18.8 Å². The molecule has 5 heteroatoms. The van der Waals surface area contributed by atoms with Gasteiger partial charge in [-0.05, 0) is 40.2 Å². The average molecular weight is 321 g/mol. The van der Waals surface area contributed by atoms with E-state index in [0.29, 0.717) is 13.0 Å². The third-order valence-corrected chi connectivity index (χ3v) is 3.84. The number of hydrogen-bond acceptors (Lipinski definition) is 4. The zero-order valence-electron chi connectivity index (χ0n) is 14.6. The van der Waals surface area contributed by atoms with Crippen LogP contribution in [0, 0.1) is 0 Å². The van der Waals surface area contributed by atoms with E-state index < -0.39 is 23.5 Å². The summed E-state index contributed by atoms with van der Waals surface area (Å²) in [5, 5.41) is 10.4. The maximum Gasteiger partial charge on any atom is 0.412 e. The summed E-state index contributed by atoms with van der Waals surface area (Å²) in [6.07, 6.45) is -0.652. The number of rotatable bonds is 3. The molecule has 1 amide bonds. The van der Waals surface area contributed by atoms with Crippen LogP contribution in [0.2, 0.25) is 0 Å². The van der Waals surface area contributed by atoms with E-state index in [1.807, 2.05) is 65.0 Å². The van der Waals surface area contributed by atoms with Gasteiger partial charge in [-0.1, -0.05) is 30.3 Å². The summed E-state index contributed by atoms with van der Waals surface area (Å²) in [5.41, 5.74) is -0.483. The van der Waals surface area contributed by atoms with Gasteiger partial charge < -0.3 is 14.6 Å². The van der Waals surface area contributed by atoms with Gasteiger partial charge in [0.2, 0.25) is 0 Å². The number of hydrogen-bond donors (Lipinski definition) is 1. The molecule has 0 aromatic heterocycles. The summed E-state index contributed by atoms with van der Waals surface area (Å²) in [4.78, 5) is 14.1. The molecular formula is C18H27NO4. The van der Waals surface area contributed by atoms with Crippen molar-refractivity contribution in [3.05, 3.63) is 35.9 Å². The van der Waals surface area contributed by atoms with Crippen molar-refractivity contribution in [1.82, 2.24) is 4.90 Å². The van der Waals surface area contributed by atoms with Gasteiger partial charge in [0.1, 0.15) is 11.3 Å². The first-order valence-electron chi connectivity index (χ1n) is 7.99. The first-order chi connectivity index (χ1) is 10.6. The second kappa shape index (κ2) is 6.49. The fourth-order valence-electron chi connectivity index (χ4n) is 2.81. The molecule has 128 valence electrons. The van der Waals surface area contributed by atoms with Crippen molar-refractivity contribution < 1.29 is 19.4 Å². The normalized spacial score (nSPS) is 22.0. The Bertz CT molecular complexity index is 536. The Hall–Kier alpha value is -1.59. The molecule has 1 fully saturated rings. The fourth-order valence-corrected chi connectivity index (χ4v) is 2.81. The Kier molecular flexibility index (Phi) is 5.01. The molecule has 0 saturated carbocycles. The summed E-state index contributed by atoms with van der Waals surface area (Å²) in [6, 6.07) is 9.21. The zero-order chi connectivity index (χ0) is 17.3. The zero-order valence-corrected chi connectivity index (χ0v) is 14.6. The van der Waals surface area contributed by atoms with Crippen molar-refractivity contribution in [2.45, 2.75) is 64.5 Å². The molecular weight excluding hydrogens is 294 g/mol. The van der Waals surface area contributed by atoms with Crippen LogP contribution < -0.4 is 0 Å². The van der Waals surface area contributed by atoms with Crippen LogP contribution in [0.15, 0.2) is 30.3 Å². The molecule has 1 aromatic carbocycles. The van der Waals surface area contributed by atoms with Gasteiger partial charge in [-0.25, -0.2) is 4.79 Å². The minimum absolute atomic E-state index is 0.227. The highest BCUT2D eigenvalue weighted by atomic mass is 16.6. The van der Waals surface area contributed by atoms with Gasteiger partial charge in [-0.2, -0.15) is 0 Å². The lowest BCUT2D eigenvalue weighted by atomic mass is 10.0. The predicted molar refractivity (Wildman–Crippen MR) is 87.9 cm³/mol. The Morgan fingerprint density at radius 2 is 2.00 bits per heavy atom. The van der Waals surface area contributed by atoms with E-state index in [9.17, 15) is 9.90 Å². The Labute approximate surface area is 138 Å². The minimum Gasteiger partial charge on any atom is -0.444 e. The second-order valence-corrected chi connectivity index (χ2v) is 7.42. The Morgan fingerprint density at radius 1 is 1.39 bits per heavy atom. The third-order valence-electron chi connectivity index (χ3n) is 3.84. The summed E-state index contributed by atoms with van der Waals surface area (Å²) in [7, 11) is 0. The van der Waals surface area contributed by atoms with Crippen LogP contribution >= 0.6 is 0 Å². The smallest absolute Gasteiger partial charge is 0.412 e. The molecule has 0 bridgehead atoms. The molecule has 0 radical (unpaired) electrons. The van der Waals surface area contributed by atoms with Crippen molar-refractivity contribution in [2.24, 2.45) is 0 Å². The largest absolute Gasteiger partial charge is 0.444 e. The molecule has 1 saturated heterocycles. The second-order valence-electron chi connectivity index (χ2n) is 7.42. The lowest BCUT2D eigenvalue weighted by Crippen LogP contribution is -2.50. The van der Waals surface area contributed by atoms with Gasteiger partial charge in [0, 0.05) is 6.42 Å². The van der Waals surface area contributed by atoms with Gasteiger partial charge in [-0.3, -0.25) is 4.90 Å². The maximum absolute atomic E-state index is 12.5. The van der Waals surface area contributed by atoms with Crippen molar-refractivity contribution in [2.75, 3.05) is 6.61 Å². The lowest BCUT2D eigenvalue weighted by Gasteiger charge is -2.35. The highest BCUT2D eigenvalue weighted by molar-refractivity contribution is 5.69. The minimum atomic E-state index is -0.747. The predicted octanol–water partition coefficient (Wildman–Crippen LogP) is 3.48. The molecule has 1 N–H and O–H groups in total. The van der Waals surface area contributed by atoms with E-state index in [1.165, 1.54) is 0 Å². The molecule has 1 aromatic rings. The molecule has 1 aliphatic heterocycles. The summed E-state index contributed by atoms with van der Waals surface area (Å²) < 4.78 is 11.3. The van der Waals surface area contributed by atoms with Crippen LogP contribution in [0.3, 0.4) is 0 Å². The average Bonchev–Trinajstić information content (AvgIpc) is 2.72. The van der Waals surface area contributed by atoms with Gasteiger partial charge in [-0.15, -0.1) is 0 Å². The van der Waals surface area contributed by atoms with E-state index >= 15 is 0 Å². The topological polar surface area (TPSA) is 59.0 Å². The number of carbonyl (C=O) groups excluding carboxylic acids is 1. The van der Waals surface area contributed by atoms with E-state index in [0.717, 1.165) is 5.56 Å². The number of ether oxygens (including phenoxy) is 2. The summed E-state index contributed by atoms with van der Waals surface area (Å²) >= 11 is 0.